The van der Waals surface area contributed by atoms with E-state index in [1.54, 1.807) is 6.92 Å². The van der Waals surface area contributed by atoms with E-state index in [0.29, 0.717) is 25.1 Å². The third-order valence-corrected chi connectivity index (χ3v) is 6.34. The summed E-state index contributed by atoms with van der Waals surface area (Å²) in [4.78, 5) is 26.8. The molecule has 1 aliphatic rings. The third-order valence-electron chi connectivity index (χ3n) is 6.34. The van der Waals surface area contributed by atoms with Crippen molar-refractivity contribution in [1.29, 1.82) is 5.26 Å². The number of hydrogen-bond donors (Lipinski definition) is 0. The summed E-state index contributed by atoms with van der Waals surface area (Å²) in [5.74, 6) is 0.176. The molecule has 1 fully saturated rings. The summed E-state index contributed by atoms with van der Waals surface area (Å²) in [7, 11) is 0. The molecule has 0 heterocycles. The normalized spacial score (nSPS) is 17.4. The molecule has 6 heteroatoms. The molecule has 0 aliphatic heterocycles. The van der Waals surface area contributed by atoms with Crippen molar-refractivity contribution in [1.82, 2.24) is 4.90 Å². The van der Waals surface area contributed by atoms with Crippen molar-refractivity contribution in [2.75, 3.05) is 6.61 Å². The van der Waals surface area contributed by atoms with E-state index in [1.807, 2.05) is 53.4 Å². The van der Waals surface area contributed by atoms with Crippen LogP contribution in [0.4, 0.5) is 4.79 Å². The maximum atomic E-state index is 13.1. The number of benzene rings is 2. The number of amides is 1. The summed E-state index contributed by atoms with van der Waals surface area (Å²) in [6, 6.07) is 18.1. The number of rotatable bonds is 9. The first-order valence-electron chi connectivity index (χ1n) is 12.3. The Labute approximate surface area is 202 Å². The molecule has 0 spiro atoms. The lowest BCUT2D eigenvalue weighted by molar-refractivity contribution is -0.135. The van der Waals surface area contributed by atoms with Crippen molar-refractivity contribution < 1.29 is 19.1 Å². The Morgan fingerprint density at radius 3 is 2.38 bits per heavy atom. The highest BCUT2D eigenvalue weighted by molar-refractivity contribution is 5.76. The van der Waals surface area contributed by atoms with Crippen LogP contribution in [-0.2, 0) is 20.8 Å². The summed E-state index contributed by atoms with van der Waals surface area (Å²) in [6.45, 7) is 4.70. The van der Waals surface area contributed by atoms with Gasteiger partial charge in [-0.05, 0) is 61.8 Å². The number of unbranched alkanes of at least 4 members (excludes halogenated alkanes) is 1. The van der Waals surface area contributed by atoms with Crippen molar-refractivity contribution in [3.8, 4) is 17.2 Å². The van der Waals surface area contributed by atoms with Gasteiger partial charge in [0.15, 0.2) is 0 Å². The standard InChI is InChI=1S/C28H34N2O4/c1-3-5-10-27(31)30(24-15-17-25(18-16-24)34-28(32)33-4-2)20-21-11-13-22(14-12-21)26-9-7-6-8-23(26)19-29/h6-9,11-14,24-25H,3-5,10,15-18,20H2,1-2H3. The number of nitrogens with zero attached hydrogens (tertiary/aromatic N) is 2. The fourth-order valence-corrected chi connectivity index (χ4v) is 4.47. The minimum Gasteiger partial charge on any atom is -0.435 e. The minimum absolute atomic E-state index is 0.130. The Kier molecular flexibility index (Phi) is 9.51. The smallest absolute Gasteiger partial charge is 0.435 e. The zero-order valence-electron chi connectivity index (χ0n) is 20.2. The Morgan fingerprint density at radius 1 is 1.03 bits per heavy atom. The molecule has 1 saturated carbocycles. The van der Waals surface area contributed by atoms with Crippen molar-refractivity contribution in [2.45, 2.75) is 77.5 Å². The van der Waals surface area contributed by atoms with E-state index in [1.165, 1.54) is 0 Å². The summed E-state index contributed by atoms with van der Waals surface area (Å²) >= 11 is 0. The van der Waals surface area contributed by atoms with E-state index in [2.05, 4.69) is 13.0 Å². The number of ether oxygens (including phenoxy) is 2. The van der Waals surface area contributed by atoms with Crippen LogP contribution in [0.15, 0.2) is 48.5 Å². The van der Waals surface area contributed by atoms with E-state index in [-0.39, 0.29) is 18.1 Å². The first-order chi connectivity index (χ1) is 16.5. The molecule has 1 aliphatic carbocycles. The Morgan fingerprint density at radius 2 is 1.74 bits per heavy atom. The van der Waals surface area contributed by atoms with Crippen LogP contribution in [0.25, 0.3) is 11.1 Å². The molecule has 0 atom stereocenters. The van der Waals surface area contributed by atoms with Gasteiger partial charge in [0.25, 0.3) is 0 Å². The van der Waals surface area contributed by atoms with Crippen LogP contribution in [0.2, 0.25) is 0 Å². The van der Waals surface area contributed by atoms with Gasteiger partial charge < -0.3 is 14.4 Å². The molecule has 2 aromatic rings. The number of carbonyl (C=O) groups excluding carboxylic acids is 2. The SMILES string of the molecule is CCCCC(=O)N(Cc1ccc(-c2ccccc2C#N)cc1)C1CCC(OC(=O)OCC)CC1. The zero-order chi connectivity index (χ0) is 24.3. The van der Waals surface area contributed by atoms with E-state index < -0.39 is 6.16 Å². The molecule has 34 heavy (non-hydrogen) atoms. The highest BCUT2D eigenvalue weighted by Crippen LogP contribution is 2.29. The second-order valence-electron chi connectivity index (χ2n) is 8.71. The van der Waals surface area contributed by atoms with Crippen molar-refractivity contribution in [2.24, 2.45) is 0 Å². The van der Waals surface area contributed by atoms with Gasteiger partial charge in [-0.1, -0.05) is 55.8 Å². The lowest BCUT2D eigenvalue weighted by Gasteiger charge is -2.37. The van der Waals surface area contributed by atoms with Gasteiger partial charge in [-0.15, -0.1) is 0 Å². The number of carbonyl (C=O) groups is 2. The van der Waals surface area contributed by atoms with Crippen molar-refractivity contribution in [3.63, 3.8) is 0 Å². The van der Waals surface area contributed by atoms with Crippen LogP contribution in [0, 0.1) is 11.3 Å². The van der Waals surface area contributed by atoms with Gasteiger partial charge in [-0.25, -0.2) is 4.79 Å². The number of nitriles is 1. The maximum absolute atomic E-state index is 13.1. The molecule has 6 nitrogen and oxygen atoms in total. The van der Waals surface area contributed by atoms with Gasteiger partial charge in [-0.3, -0.25) is 4.79 Å². The molecule has 1 amide bonds. The summed E-state index contributed by atoms with van der Waals surface area (Å²) in [6.07, 6.45) is 4.69. The van der Waals surface area contributed by atoms with Crippen molar-refractivity contribution in [3.05, 3.63) is 59.7 Å². The highest BCUT2D eigenvalue weighted by atomic mass is 16.7. The van der Waals surface area contributed by atoms with E-state index in [0.717, 1.165) is 55.2 Å². The van der Waals surface area contributed by atoms with Crippen LogP contribution < -0.4 is 0 Å². The zero-order valence-corrected chi connectivity index (χ0v) is 20.2. The molecule has 3 rings (SSSR count). The average Bonchev–Trinajstić information content (AvgIpc) is 2.87. The average molecular weight is 463 g/mol. The second-order valence-corrected chi connectivity index (χ2v) is 8.71. The van der Waals surface area contributed by atoms with E-state index in [4.69, 9.17) is 9.47 Å². The maximum Gasteiger partial charge on any atom is 0.508 e. The predicted molar refractivity (Wildman–Crippen MR) is 131 cm³/mol. The van der Waals surface area contributed by atoms with Gasteiger partial charge in [0.1, 0.15) is 6.10 Å². The minimum atomic E-state index is -0.611. The lowest BCUT2D eigenvalue weighted by atomic mass is 9.91. The molecule has 0 bridgehead atoms. The van der Waals surface area contributed by atoms with E-state index >= 15 is 0 Å². The van der Waals surface area contributed by atoms with Crippen molar-refractivity contribution >= 4 is 12.1 Å². The summed E-state index contributed by atoms with van der Waals surface area (Å²) < 4.78 is 10.3. The summed E-state index contributed by atoms with van der Waals surface area (Å²) in [5.41, 5.74) is 3.61. The highest BCUT2D eigenvalue weighted by Gasteiger charge is 2.30. The molecule has 2 aromatic carbocycles. The van der Waals surface area contributed by atoms with Crippen LogP contribution in [-0.4, -0.2) is 35.7 Å². The fourth-order valence-electron chi connectivity index (χ4n) is 4.47. The molecular weight excluding hydrogens is 428 g/mol. The molecule has 0 aromatic heterocycles. The number of hydrogen-bond acceptors (Lipinski definition) is 5. The molecule has 0 N–H and O–H groups in total. The third kappa shape index (κ3) is 6.84. The van der Waals surface area contributed by atoms with Crippen LogP contribution in [0.1, 0.15) is 69.9 Å². The topological polar surface area (TPSA) is 79.6 Å². The second kappa shape index (κ2) is 12.8. The Balaban J connectivity index is 1.69. The van der Waals surface area contributed by atoms with Gasteiger partial charge in [0.2, 0.25) is 5.91 Å². The molecule has 0 radical (unpaired) electrons. The van der Waals surface area contributed by atoms with Gasteiger partial charge in [0, 0.05) is 19.0 Å². The van der Waals surface area contributed by atoms with Gasteiger partial charge in [0.05, 0.1) is 18.2 Å². The summed E-state index contributed by atoms with van der Waals surface area (Å²) in [5, 5.41) is 9.39. The largest absolute Gasteiger partial charge is 0.508 e. The van der Waals surface area contributed by atoms with Gasteiger partial charge in [-0.2, -0.15) is 5.26 Å². The van der Waals surface area contributed by atoms with Crippen LogP contribution >= 0.6 is 0 Å². The first kappa shape index (κ1) is 25.3. The molecule has 0 saturated heterocycles. The van der Waals surface area contributed by atoms with Crippen LogP contribution in [0.5, 0.6) is 0 Å². The predicted octanol–water partition coefficient (Wildman–Crippen LogP) is 6.23. The fraction of sp³-hybridized carbons (Fsp3) is 0.464. The Hall–Kier alpha value is -3.33. The first-order valence-corrected chi connectivity index (χ1v) is 12.3. The van der Waals surface area contributed by atoms with Crippen LogP contribution in [0.3, 0.4) is 0 Å². The monoisotopic (exact) mass is 462 g/mol. The van der Waals surface area contributed by atoms with E-state index in [9.17, 15) is 14.9 Å². The Bertz CT molecular complexity index is 988. The molecular formula is C28H34N2O4. The molecule has 0 unspecified atom stereocenters. The molecule has 180 valence electrons. The van der Waals surface area contributed by atoms with Gasteiger partial charge >= 0.3 is 6.16 Å². The lowest BCUT2D eigenvalue weighted by Crippen LogP contribution is -2.43. The quantitative estimate of drug-likeness (QED) is 0.413.